The van der Waals surface area contributed by atoms with Crippen LogP contribution in [0.4, 0.5) is 4.39 Å². The first-order chi connectivity index (χ1) is 15.4. The maximum absolute atomic E-state index is 13.3. The molecule has 2 radical (unpaired) electrons. The predicted octanol–water partition coefficient (Wildman–Crippen LogP) is 1.25. The number of pyridine rings is 1. The first-order valence-corrected chi connectivity index (χ1v) is 11.3. The van der Waals surface area contributed by atoms with Gasteiger partial charge in [0.15, 0.2) is 0 Å². The summed E-state index contributed by atoms with van der Waals surface area (Å²) in [6, 6.07) is 8.71. The van der Waals surface area contributed by atoms with Crippen LogP contribution in [0.3, 0.4) is 0 Å². The third-order valence-corrected chi connectivity index (χ3v) is 6.92. The van der Waals surface area contributed by atoms with Crippen LogP contribution >= 0.6 is 0 Å². The fourth-order valence-electron chi connectivity index (χ4n) is 4.70. The Morgan fingerprint density at radius 1 is 1.12 bits per heavy atom. The van der Waals surface area contributed by atoms with Crippen LogP contribution in [0, 0.1) is 5.82 Å². The summed E-state index contributed by atoms with van der Waals surface area (Å²) in [5, 5.41) is 11.1. The average molecular weight is 436 g/mol. The number of likely N-dealkylation sites (tertiary alicyclic amines) is 1. The second-order valence-corrected chi connectivity index (χ2v) is 8.94. The van der Waals surface area contributed by atoms with Crippen molar-refractivity contribution in [2.75, 3.05) is 39.3 Å². The molecular weight excluding hydrogens is 406 g/mol. The van der Waals surface area contributed by atoms with E-state index in [1.807, 2.05) is 12.1 Å². The van der Waals surface area contributed by atoms with E-state index in [0.717, 1.165) is 5.56 Å². The molecule has 2 aliphatic heterocycles. The van der Waals surface area contributed by atoms with E-state index in [9.17, 15) is 14.3 Å². The molecule has 0 spiro atoms. The van der Waals surface area contributed by atoms with Crippen molar-refractivity contribution in [2.24, 2.45) is 0 Å². The molecule has 2 aliphatic rings. The Balaban J connectivity index is 1.28. The monoisotopic (exact) mass is 436 g/mol. The second-order valence-electron chi connectivity index (χ2n) is 8.94. The van der Waals surface area contributed by atoms with E-state index >= 15 is 0 Å². The van der Waals surface area contributed by atoms with Crippen molar-refractivity contribution in [3.05, 3.63) is 59.7 Å². The van der Waals surface area contributed by atoms with Gasteiger partial charge < -0.3 is 10.0 Å². The Kier molecular flexibility index (Phi) is 6.93. The molecule has 2 aromatic rings. The van der Waals surface area contributed by atoms with Crippen molar-refractivity contribution in [3.63, 3.8) is 0 Å². The molecule has 1 aromatic heterocycles. The maximum Gasteiger partial charge on any atom is 0.254 e. The van der Waals surface area contributed by atoms with E-state index in [1.54, 1.807) is 23.4 Å². The van der Waals surface area contributed by atoms with Crippen molar-refractivity contribution < 1.29 is 14.3 Å². The van der Waals surface area contributed by atoms with Crippen molar-refractivity contribution in [1.29, 1.82) is 0 Å². The van der Waals surface area contributed by atoms with Crippen LogP contribution in [-0.2, 0) is 11.3 Å². The van der Waals surface area contributed by atoms with Crippen LogP contribution in [-0.4, -0.2) is 83.4 Å². The molecule has 4 rings (SSSR count). The molecule has 168 valence electrons. The van der Waals surface area contributed by atoms with Crippen molar-refractivity contribution in [3.8, 4) is 0 Å². The number of halogens is 1. The Hall–Kier alpha value is -2.29. The van der Waals surface area contributed by atoms with Crippen LogP contribution in [0.1, 0.15) is 36.9 Å². The minimum absolute atomic E-state index is 0.158. The number of piperazine rings is 1. The SMILES string of the molecule is [B]c1cc(F)ccc1CN1CCN(C(=O)C2(O)CCN(C(C)c3ccncc3)CC2)CC1. The zero-order valence-corrected chi connectivity index (χ0v) is 18.6. The average Bonchev–Trinajstić information content (AvgIpc) is 2.81. The zero-order valence-electron chi connectivity index (χ0n) is 18.6. The Labute approximate surface area is 190 Å². The Bertz CT molecular complexity index is 929. The fraction of sp³-hybridized carbons (Fsp3) is 0.500. The highest BCUT2D eigenvalue weighted by Crippen LogP contribution is 2.30. The van der Waals surface area contributed by atoms with Crippen LogP contribution in [0.2, 0.25) is 0 Å². The van der Waals surface area contributed by atoms with Gasteiger partial charge in [-0.25, -0.2) is 4.39 Å². The number of aliphatic hydroxyl groups is 1. The molecule has 1 aromatic carbocycles. The Morgan fingerprint density at radius 2 is 1.78 bits per heavy atom. The predicted molar refractivity (Wildman–Crippen MR) is 122 cm³/mol. The van der Waals surface area contributed by atoms with Gasteiger partial charge in [-0.1, -0.05) is 11.5 Å². The summed E-state index contributed by atoms with van der Waals surface area (Å²) < 4.78 is 13.3. The summed E-state index contributed by atoms with van der Waals surface area (Å²) in [6.45, 7) is 6.66. The van der Waals surface area contributed by atoms with Gasteiger partial charge in [0.1, 0.15) is 19.3 Å². The summed E-state index contributed by atoms with van der Waals surface area (Å²) in [5.41, 5.74) is 1.23. The summed E-state index contributed by atoms with van der Waals surface area (Å²) >= 11 is 0. The van der Waals surface area contributed by atoms with Crippen LogP contribution in [0.25, 0.3) is 0 Å². The third-order valence-electron chi connectivity index (χ3n) is 6.92. The number of carbonyl (C=O) groups is 1. The van der Waals surface area contributed by atoms with Gasteiger partial charge in [0.05, 0.1) is 0 Å². The number of piperidine rings is 1. The van der Waals surface area contributed by atoms with E-state index in [4.69, 9.17) is 7.85 Å². The molecule has 1 amide bonds. The normalized spacial score (nSPS) is 20.8. The van der Waals surface area contributed by atoms with Gasteiger partial charge >= 0.3 is 0 Å². The molecule has 1 unspecified atom stereocenters. The zero-order chi connectivity index (χ0) is 22.7. The van der Waals surface area contributed by atoms with E-state index < -0.39 is 5.60 Å². The van der Waals surface area contributed by atoms with Gasteiger partial charge in [-0.15, -0.1) is 0 Å². The number of amides is 1. The molecule has 0 aliphatic carbocycles. The lowest BCUT2D eigenvalue weighted by Gasteiger charge is -2.43. The van der Waals surface area contributed by atoms with Crippen molar-refractivity contribution in [2.45, 2.75) is 38.0 Å². The number of carbonyl (C=O) groups excluding carboxylic acids is 1. The van der Waals surface area contributed by atoms with Gasteiger partial charge in [0.25, 0.3) is 5.91 Å². The molecule has 2 saturated heterocycles. The number of nitrogens with zero attached hydrogens (tertiary/aromatic N) is 4. The van der Waals surface area contributed by atoms with E-state index in [1.165, 1.54) is 17.7 Å². The third kappa shape index (κ3) is 5.03. The number of benzene rings is 1. The minimum atomic E-state index is -1.29. The number of rotatable bonds is 5. The first kappa shape index (κ1) is 22.9. The van der Waals surface area contributed by atoms with Crippen molar-refractivity contribution in [1.82, 2.24) is 19.7 Å². The standard InChI is InChI=1S/C24H30BFN4O2/c1-18(19-4-8-27-9-5-19)29-10-6-24(32,7-11-29)23(31)30-14-12-28(13-15-30)17-20-2-3-21(26)16-22(20)25/h2-5,8-9,16,18,32H,6-7,10-15,17H2,1H3. The highest BCUT2D eigenvalue weighted by molar-refractivity contribution is 6.33. The van der Waals surface area contributed by atoms with Crippen LogP contribution < -0.4 is 5.46 Å². The quantitative estimate of drug-likeness (QED) is 0.716. The second kappa shape index (κ2) is 9.69. The molecule has 1 atom stereocenters. The summed E-state index contributed by atoms with van der Waals surface area (Å²) in [4.78, 5) is 23.5. The van der Waals surface area contributed by atoms with E-state index in [2.05, 4.69) is 21.7 Å². The molecule has 6 nitrogen and oxygen atoms in total. The smallest absolute Gasteiger partial charge is 0.254 e. The van der Waals surface area contributed by atoms with Crippen LogP contribution in [0.5, 0.6) is 0 Å². The van der Waals surface area contributed by atoms with E-state index in [0.29, 0.717) is 64.1 Å². The molecule has 2 fully saturated rings. The lowest BCUT2D eigenvalue weighted by molar-refractivity contribution is -0.158. The Morgan fingerprint density at radius 3 is 2.41 bits per heavy atom. The lowest BCUT2D eigenvalue weighted by atomic mass is 9.88. The molecular formula is C24H30BFN4O2. The molecule has 0 bridgehead atoms. The molecule has 1 N–H and O–H groups in total. The summed E-state index contributed by atoms with van der Waals surface area (Å²) in [6.07, 6.45) is 4.46. The van der Waals surface area contributed by atoms with E-state index in [-0.39, 0.29) is 17.8 Å². The molecule has 32 heavy (non-hydrogen) atoms. The van der Waals surface area contributed by atoms with Crippen LogP contribution in [0.15, 0.2) is 42.7 Å². The van der Waals surface area contributed by atoms with Gasteiger partial charge in [-0.3, -0.25) is 19.6 Å². The first-order valence-electron chi connectivity index (χ1n) is 11.3. The van der Waals surface area contributed by atoms with Gasteiger partial charge in [0.2, 0.25) is 0 Å². The fourth-order valence-corrected chi connectivity index (χ4v) is 4.70. The molecule has 3 heterocycles. The summed E-state index contributed by atoms with van der Waals surface area (Å²) in [7, 11) is 5.93. The topological polar surface area (TPSA) is 59.9 Å². The largest absolute Gasteiger partial charge is 0.380 e. The molecule has 0 saturated carbocycles. The minimum Gasteiger partial charge on any atom is -0.380 e. The lowest BCUT2D eigenvalue weighted by Crippen LogP contribution is -2.58. The number of aromatic nitrogens is 1. The number of hydrogen-bond donors (Lipinski definition) is 1. The maximum atomic E-state index is 13.3. The number of hydrogen-bond acceptors (Lipinski definition) is 5. The molecule has 8 heteroatoms. The summed E-state index contributed by atoms with van der Waals surface area (Å²) in [5.74, 6) is -0.495. The highest BCUT2D eigenvalue weighted by Gasteiger charge is 2.43. The van der Waals surface area contributed by atoms with Gasteiger partial charge in [-0.2, -0.15) is 0 Å². The van der Waals surface area contributed by atoms with Gasteiger partial charge in [-0.05, 0) is 55.2 Å². The highest BCUT2D eigenvalue weighted by atomic mass is 19.1. The van der Waals surface area contributed by atoms with Gasteiger partial charge in [0, 0.05) is 64.2 Å². The van der Waals surface area contributed by atoms with Crippen molar-refractivity contribution >= 4 is 19.2 Å².